The molecular weight excluding hydrogens is 241 g/mol. The molecule has 2 nitrogen and oxygen atoms in total. The van der Waals surface area contributed by atoms with Crippen LogP contribution in [0.5, 0.6) is 0 Å². The molecule has 17 heavy (non-hydrogen) atoms. The Labute approximate surface area is 106 Å². The monoisotopic (exact) mass is 257 g/mol. The van der Waals surface area contributed by atoms with Crippen LogP contribution in [0, 0.1) is 5.82 Å². The van der Waals surface area contributed by atoms with Crippen LogP contribution in [0.1, 0.15) is 26.7 Å². The highest BCUT2D eigenvalue weighted by Crippen LogP contribution is 2.30. The molecule has 0 aromatic heterocycles. The van der Waals surface area contributed by atoms with Crippen molar-refractivity contribution < 1.29 is 9.13 Å². The minimum atomic E-state index is -0.324. The SMILES string of the molecule is CC1(C)CCC(CNc2c(F)cccc2Cl)O1. The van der Waals surface area contributed by atoms with Gasteiger partial charge in [-0.3, -0.25) is 0 Å². The molecule has 1 unspecified atom stereocenters. The number of para-hydroxylation sites is 1. The highest BCUT2D eigenvalue weighted by molar-refractivity contribution is 6.33. The molecule has 4 heteroatoms. The van der Waals surface area contributed by atoms with E-state index in [1.54, 1.807) is 12.1 Å². The first kappa shape index (κ1) is 12.7. The van der Waals surface area contributed by atoms with E-state index in [1.807, 2.05) is 0 Å². The van der Waals surface area contributed by atoms with Gasteiger partial charge in [-0.05, 0) is 38.8 Å². The second-order valence-corrected chi connectivity index (χ2v) is 5.42. The normalized spacial score (nSPS) is 22.7. The first-order valence-corrected chi connectivity index (χ1v) is 6.21. The zero-order valence-corrected chi connectivity index (χ0v) is 10.9. The van der Waals surface area contributed by atoms with Gasteiger partial charge in [-0.25, -0.2) is 4.39 Å². The van der Waals surface area contributed by atoms with Gasteiger partial charge in [-0.1, -0.05) is 17.7 Å². The number of nitrogens with one attached hydrogen (secondary N) is 1. The number of rotatable bonds is 3. The number of halogens is 2. The molecule has 2 rings (SSSR count). The molecule has 1 fully saturated rings. The summed E-state index contributed by atoms with van der Waals surface area (Å²) in [6.07, 6.45) is 2.15. The maximum Gasteiger partial charge on any atom is 0.147 e. The van der Waals surface area contributed by atoms with Crippen molar-refractivity contribution in [1.82, 2.24) is 0 Å². The Hall–Kier alpha value is -0.800. The van der Waals surface area contributed by atoms with Gasteiger partial charge in [0.15, 0.2) is 0 Å². The molecule has 1 atom stereocenters. The van der Waals surface area contributed by atoms with E-state index in [1.165, 1.54) is 6.07 Å². The zero-order chi connectivity index (χ0) is 12.5. The molecule has 1 saturated heterocycles. The fourth-order valence-electron chi connectivity index (χ4n) is 2.10. The molecule has 1 heterocycles. The van der Waals surface area contributed by atoms with Crippen LogP contribution in [0.15, 0.2) is 18.2 Å². The molecule has 1 aromatic carbocycles. The summed E-state index contributed by atoms with van der Waals surface area (Å²) in [6, 6.07) is 4.66. The van der Waals surface area contributed by atoms with Gasteiger partial charge in [0.2, 0.25) is 0 Å². The third kappa shape index (κ3) is 3.11. The van der Waals surface area contributed by atoms with E-state index < -0.39 is 0 Å². The maximum absolute atomic E-state index is 13.5. The van der Waals surface area contributed by atoms with Crippen molar-refractivity contribution in [3.63, 3.8) is 0 Å². The highest BCUT2D eigenvalue weighted by atomic mass is 35.5. The molecule has 94 valence electrons. The second-order valence-electron chi connectivity index (χ2n) is 5.02. The van der Waals surface area contributed by atoms with Gasteiger partial charge in [0.25, 0.3) is 0 Å². The number of hydrogen-bond acceptors (Lipinski definition) is 2. The Morgan fingerprint density at radius 3 is 2.88 bits per heavy atom. The van der Waals surface area contributed by atoms with Crippen LogP contribution < -0.4 is 5.32 Å². The molecular formula is C13H17ClFNO. The molecule has 0 saturated carbocycles. The summed E-state index contributed by atoms with van der Waals surface area (Å²) in [5.41, 5.74) is 0.299. The van der Waals surface area contributed by atoms with Crippen LogP contribution in [0.3, 0.4) is 0 Å². The first-order valence-electron chi connectivity index (χ1n) is 5.84. The lowest BCUT2D eigenvalue weighted by atomic mass is 10.1. The lowest BCUT2D eigenvalue weighted by Gasteiger charge is -2.20. The van der Waals surface area contributed by atoms with Gasteiger partial charge >= 0.3 is 0 Å². The van der Waals surface area contributed by atoms with Gasteiger partial charge < -0.3 is 10.1 Å². The fraction of sp³-hybridized carbons (Fsp3) is 0.538. The summed E-state index contributed by atoms with van der Waals surface area (Å²) < 4.78 is 19.3. The van der Waals surface area contributed by atoms with Crippen molar-refractivity contribution in [3.05, 3.63) is 29.0 Å². The molecule has 0 radical (unpaired) electrons. The van der Waals surface area contributed by atoms with Crippen LogP contribution >= 0.6 is 11.6 Å². The van der Waals surface area contributed by atoms with E-state index in [0.717, 1.165) is 12.8 Å². The van der Waals surface area contributed by atoms with E-state index in [4.69, 9.17) is 16.3 Å². The topological polar surface area (TPSA) is 21.3 Å². The summed E-state index contributed by atoms with van der Waals surface area (Å²) >= 11 is 5.93. The first-order chi connectivity index (χ1) is 7.98. The van der Waals surface area contributed by atoms with Crippen LogP contribution in [0.2, 0.25) is 5.02 Å². The Balaban J connectivity index is 1.95. The summed E-state index contributed by atoms with van der Waals surface area (Å²) in [7, 11) is 0. The van der Waals surface area contributed by atoms with E-state index in [9.17, 15) is 4.39 Å². The predicted octanol–water partition coefficient (Wildman–Crippen LogP) is 3.85. The average molecular weight is 258 g/mol. The molecule has 1 N–H and O–H groups in total. The Morgan fingerprint density at radius 1 is 1.53 bits per heavy atom. The standard InChI is InChI=1S/C13H17ClFNO/c1-13(2)7-6-9(17-13)8-16-12-10(14)4-3-5-11(12)15/h3-5,9,16H,6-8H2,1-2H3. The van der Waals surface area contributed by atoms with Crippen LogP contribution in [-0.4, -0.2) is 18.2 Å². The average Bonchev–Trinajstić information content (AvgIpc) is 2.57. The molecule has 0 aliphatic carbocycles. The van der Waals surface area contributed by atoms with Crippen molar-refractivity contribution in [1.29, 1.82) is 0 Å². The van der Waals surface area contributed by atoms with E-state index in [-0.39, 0.29) is 17.5 Å². The Kier molecular flexibility index (Phi) is 3.59. The summed E-state index contributed by atoms with van der Waals surface area (Å²) in [5.74, 6) is -0.324. The smallest absolute Gasteiger partial charge is 0.147 e. The molecule has 1 aromatic rings. The minimum absolute atomic E-state index is 0.0641. The van der Waals surface area contributed by atoms with Crippen molar-refractivity contribution in [3.8, 4) is 0 Å². The maximum atomic E-state index is 13.5. The third-order valence-corrected chi connectivity index (χ3v) is 3.34. The van der Waals surface area contributed by atoms with Crippen molar-refractivity contribution in [2.24, 2.45) is 0 Å². The zero-order valence-electron chi connectivity index (χ0n) is 10.1. The van der Waals surface area contributed by atoms with Gasteiger partial charge in [-0.2, -0.15) is 0 Å². The largest absolute Gasteiger partial charge is 0.379 e. The predicted molar refractivity (Wildman–Crippen MR) is 68.1 cm³/mol. The highest BCUT2D eigenvalue weighted by Gasteiger charge is 2.31. The van der Waals surface area contributed by atoms with Crippen molar-refractivity contribution in [2.45, 2.75) is 38.4 Å². The molecule has 0 bridgehead atoms. The van der Waals surface area contributed by atoms with Crippen LogP contribution in [0.25, 0.3) is 0 Å². The molecule has 0 amide bonds. The van der Waals surface area contributed by atoms with Crippen molar-refractivity contribution >= 4 is 17.3 Å². The van der Waals surface area contributed by atoms with Gasteiger partial charge in [0.1, 0.15) is 5.82 Å². The Bertz CT molecular complexity index is 388. The summed E-state index contributed by atoms with van der Waals surface area (Å²) in [4.78, 5) is 0. The van der Waals surface area contributed by atoms with Gasteiger partial charge in [0.05, 0.1) is 22.4 Å². The van der Waals surface area contributed by atoms with Gasteiger partial charge in [-0.15, -0.1) is 0 Å². The van der Waals surface area contributed by atoms with E-state index >= 15 is 0 Å². The second kappa shape index (κ2) is 4.83. The lowest BCUT2D eigenvalue weighted by molar-refractivity contribution is -0.00912. The summed E-state index contributed by atoms with van der Waals surface area (Å²) in [5, 5.41) is 3.43. The van der Waals surface area contributed by atoms with Gasteiger partial charge in [0, 0.05) is 6.54 Å². The molecule has 1 aliphatic rings. The molecule has 1 aliphatic heterocycles. The number of benzene rings is 1. The number of anilines is 1. The number of hydrogen-bond donors (Lipinski definition) is 1. The van der Waals surface area contributed by atoms with E-state index in [0.29, 0.717) is 17.3 Å². The number of ether oxygens (including phenoxy) is 1. The quantitative estimate of drug-likeness (QED) is 0.888. The molecule has 0 spiro atoms. The van der Waals surface area contributed by atoms with Crippen LogP contribution in [-0.2, 0) is 4.74 Å². The van der Waals surface area contributed by atoms with Crippen LogP contribution in [0.4, 0.5) is 10.1 Å². The fourth-order valence-corrected chi connectivity index (χ4v) is 2.33. The minimum Gasteiger partial charge on any atom is -0.379 e. The van der Waals surface area contributed by atoms with E-state index in [2.05, 4.69) is 19.2 Å². The van der Waals surface area contributed by atoms with Crippen molar-refractivity contribution in [2.75, 3.05) is 11.9 Å². The lowest BCUT2D eigenvalue weighted by Crippen LogP contribution is -2.25. The third-order valence-electron chi connectivity index (χ3n) is 3.02. The summed E-state index contributed by atoms with van der Waals surface area (Å²) in [6.45, 7) is 4.73. The Morgan fingerprint density at radius 2 is 2.29 bits per heavy atom.